The Morgan fingerprint density at radius 2 is 1.89 bits per heavy atom. The van der Waals surface area contributed by atoms with Gasteiger partial charge in [-0.05, 0) is 35.2 Å². The van der Waals surface area contributed by atoms with Crippen LogP contribution in [-0.2, 0) is 11.2 Å². The van der Waals surface area contributed by atoms with Gasteiger partial charge in [0.05, 0.1) is 0 Å². The second kappa shape index (κ2) is 6.48. The summed E-state index contributed by atoms with van der Waals surface area (Å²) in [5.41, 5.74) is 6.70. The van der Waals surface area contributed by atoms with Crippen LogP contribution in [0.2, 0.25) is 0 Å². The average Bonchev–Trinajstić information content (AvgIpc) is 2.45. The first-order valence-corrected chi connectivity index (χ1v) is 6.89. The van der Waals surface area contributed by atoms with Gasteiger partial charge in [0.25, 0.3) is 0 Å². The molecule has 2 heteroatoms. The third-order valence-electron chi connectivity index (χ3n) is 3.59. The Morgan fingerprint density at radius 1 is 1.16 bits per heavy atom. The summed E-state index contributed by atoms with van der Waals surface area (Å²) in [5, 5.41) is 2.38. The number of benzene rings is 2. The first-order valence-electron chi connectivity index (χ1n) is 6.89. The fraction of sp³-hybridized carbons (Fsp3) is 0.353. The molecule has 2 N–H and O–H groups in total. The van der Waals surface area contributed by atoms with Gasteiger partial charge in [0, 0.05) is 12.8 Å². The molecule has 2 nitrogen and oxygen atoms in total. The summed E-state index contributed by atoms with van der Waals surface area (Å²) in [4.78, 5) is 12.0. The molecule has 0 amide bonds. The van der Waals surface area contributed by atoms with Gasteiger partial charge < -0.3 is 5.73 Å². The maximum atomic E-state index is 12.0. The van der Waals surface area contributed by atoms with E-state index in [1.165, 1.54) is 10.8 Å². The second-order valence-corrected chi connectivity index (χ2v) is 5.23. The molecular weight excluding hydrogens is 234 g/mol. The number of rotatable bonds is 6. The predicted octanol–water partition coefficient (Wildman–Crippen LogP) is 3.33. The zero-order chi connectivity index (χ0) is 13.7. The molecule has 1 unspecified atom stereocenters. The maximum absolute atomic E-state index is 12.0. The van der Waals surface area contributed by atoms with Crippen molar-refractivity contribution in [2.75, 3.05) is 6.54 Å². The molecule has 0 heterocycles. The van der Waals surface area contributed by atoms with Crippen molar-refractivity contribution in [2.45, 2.75) is 26.2 Å². The second-order valence-electron chi connectivity index (χ2n) is 5.23. The minimum absolute atomic E-state index is 0.302. The van der Waals surface area contributed by atoms with E-state index >= 15 is 0 Å². The molecule has 0 fully saturated rings. The lowest BCUT2D eigenvalue weighted by Crippen LogP contribution is -2.13. The predicted molar refractivity (Wildman–Crippen MR) is 80.1 cm³/mol. The molecule has 0 aliphatic carbocycles. The van der Waals surface area contributed by atoms with E-state index in [1.807, 2.05) is 24.3 Å². The topological polar surface area (TPSA) is 43.1 Å². The molecule has 0 bridgehead atoms. The summed E-state index contributed by atoms with van der Waals surface area (Å²) in [5.74, 6) is 0.730. The fourth-order valence-corrected chi connectivity index (χ4v) is 2.27. The monoisotopic (exact) mass is 255 g/mol. The van der Waals surface area contributed by atoms with Gasteiger partial charge in [-0.2, -0.15) is 0 Å². The van der Waals surface area contributed by atoms with Crippen LogP contribution in [0.3, 0.4) is 0 Å². The summed E-state index contributed by atoms with van der Waals surface area (Å²) in [6, 6.07) is 14.4. The molecular formula is C17H21NO. The van der Waals surface area contributed by atoms with Crippen molar-refractivity contribution < 1.29 is 4.79 Å². The van der Waals surface area contributed by atoms with E-state index in [9.17, 15) is 4.79 Å². The van der Waals surface area contributed by atoms with Crippen LogP contribution in [0.25, 0.3) is 10.8 Å². The highest BCUT2D eigenvalue weighted by molar-refractivity contribution is 5.90. The van der Waals surface area contributed by atoms with Gasteiger partial charge in [-0.3, -0.25) is 4.79 Å². The van der Waals surface area contributed by atoms with Crippen molar-refractivity contribution in [3.63, 3.8) is 0 Å². The number of Topliss-reactive ketones (excluding diaryl/α,β-unsaturated/α-hetero) is 1. The average molecular weight is 255 g/mol. The van der Waals surface area contributed by atoms with Gasteiger partial charge in [0.15, 0.2) is 0 Å². The van der Waals surface area contributed by atoms with Crippen molar-refractivity contribution in [3.05, 3.63) is 48.0 Å². The van der Waals surface area contributed by atoms with Gasteiger partial charge in [-0.1, -0.05) is 49.4 Å². The highest BCUT2D eigenvalue weighted by atomic mass is 16.1. The standard InChI is InChI=1S/C17H21NO/c1-13(12-18)9-10-16(19)11-15-7-4-6-14-5-2-3-8-17(14)15/h2-8,13H,9-12,18H2,1H3. The normalized spacial score (nSPS) is 12.5. The Morgan fingerprint density at radius 3 is 2.68 bits per heavy atom. The Labute approximate surface area is 114 Å². The van der Waals surface area contributed by atoms with Crippen LogP contribution in [0, 0.1) is 5.92 Å². The first kappa shape index (κ1) is 13.8. The Hall–Kier alpha value is -1.67. The molecule has 0 spiro atoms. The number of hydrogen-bond acceptors (Lipinski definition) is 2. The van der Waals surface area contributed by atoms with Gasteiger partial charge in [-0.15, -0.1) is 0 Å². The zero-order valence-electron chi connectivity index (χ0n) is 11.4. The summed E-state index contributed by atoms with van der Waals surface area (Å²) < 4.78 is 0. The summed E-state index contributed by atoms with van der Waals surface area (Å²) >= 11 is 0. The van der Waals surface area contributed by atoms with E-state index in [0.29, 0.717) is 31.1 Å². The van der Waals surface area contributed by atoms with Crippen LogP contribution >= 0.6 is 0 Å². The van der Waals surface area contributed by atoms with Crippen LogP contribution in [-0.4, -0.2) is 12.3 Å². The van der Waals surface area contributed by atoms with E-state index in [1.54, 1.807) is 0 Å². The molecule has 100 valence electrons. The summed E-state index contributed by atoms with van der Waals surface area (Å²) in [6.45, 7) is 2.74. The lowest BCUT2D eigenvalue weighted by molar-refractivity contribution is -0.118. The Kier molecular flexibility index (Phi) is 4.69. The molecule has 2 aromatic carbocycles. The number of carbonyl (C=O) groups excluding carboxylic acids is 1. The number of fused-ring (bicyclic) bond motifs is 1. The van der Waals surface area contributed by atoms with Gasteiger partial charge in [0.1, 0.15) is 5.78 Å². The minimum atomic E-state index is 0.302. The molecule has 0 aliphatic rings. The van der Waals surface area contributed by atoms with Crippen molar-refractivity contribution in [2.24, 2.45) is 11.7 Å². The molecule has 0 aliphatic heterocycles. The van der Waals surface area contributed by atoms with E-state index < -0.39 is 0 Å². The van der Waals surface area contributed by atoms with Gasteiger partial charge in [-0.25, -0.2) is 0 Å². The molecule has 0 aromatic heterocycles. The summed E-state index contributed by atoms with van der Waals surface area (Å²) in [6.07, 6.45) is 2.04. The zero-order valence-corrected chi connectivity index (χ0v) is 11.4. The quantitative estimate of drug-likeness (QED) is 0.860. The Bertz CT molecular complexity index is 557. The van der Waals surface area contributed by atoms with Crippen LogP contribution in [0.1, 0.15) is 25.3 Å². The van der Waals surface area contributed by atoms with Crippen molar-refractivity contribution >= 4 is 16.6 Å². The lowest BCUT2D eigenvalue weighted by Gasteiger charge is -2.08. The highest BCUT2D eigenvalue weighted by Gasteiger charge is 2.08. The first-order chi connectivity index (χ1) is 9.20. The van der Waals surface area contributed by atoms with Crippen molar-refractivity contribution in [1.29, 1.82) is 0 Å². The number of hydrogen-bond donors (Lipinski definition) is 1. The van der Waals surface area contributed by atoms with Crippen LogP contribution in [0.4, 0.5) is 0 Å². The largest absolute Gasteiger partial charge is 0.330 e. The third kappa shape index (κ3) is 3.65. The molecule has 0 saturated heterocycles. The van der Waals surface area contributed by atoms with Gasteiger partial charge in [0.2, 0.25) is 0 Å². The molecule has 0 saturated carbocycles. The van der Waals surface area contributed by atoms with Crippen LogP contribution in [0.5, 0.6) is 0 Å². The van der Waals surface area contributed by atoms with Crippen molar-refractivity contribution in [1.82, 2.24) is 0 Å². The van der Waals surface area contributed by atoms with Crippen LogP contribution < -0.4 is 5.73 Å². The summed E-state index contributed by atoms with van der Waals surface area (Å²) in [7, 11) is 0. The highest BCUT2D eigenvalue weighted by Crippen LogP contribution is 2.19. The Balaban J connectivity index is 2.07. The molecule has 1 atom stereocenters. The molecule has 19 heavy (non-hydrogen) atoms. The van der Waals surface area contributed by atoms with E-state index in [-0.39, 0.29) is 0 Å². The lowest BCUT2D eigenvalue weighted by atomic mass is 9.97. The molecule has 0 radical (unpaired) electrons. The van der Waals surface area contributed by atoms with E-state index in [4.69, 9.17) is 5.73 Å². The smallest absolute Gasteiger partial charge is 0.137 e. The third-order valence-corrected chi connectivity index (χ3v) is 3.59. The molecule has 2 rings (SSSR count). The van der Waals surface area contributed by atoms with Crippen molar-refractivity contribution in [3.8, 4) is 0 Å². The maximum Gasteiger partial charge on any atom is 0.137 e. The molecule has 2 aromatic rings. The van der Waals surface area contributed by atoms with E-state index in [2.05, 4.69) is 25.1 Å². The number of carbonyl (C=O) groups is 1. The number of nitrogens with two attached hydrogens (primary N) is 1. The minimum Gasteiger partial charge on any atom is -0.330 e. The van der Waals surface area contributed by atoms with Gasteiger partial charge >= 0.3 is 0 Å². The SMILES string of the molecule is CC(CN)CCC(=O)Cc1cccc2ccccc12. The fourth-order valence-electron chi connectivity index (χ4n) is 2.27. The number of ketones is 1. The van der Waals surface area contributed by atoms with Crippen LogP contribution in [0.15, 0.2) is 42.5 Å². The van der Waals surface area contributed by atoms with E-state index in [0.717, 1.165) is 12.0 Å².